The van der Waals surface area contributed by atoms with E-state index in [9.17, 15) is 22.8 Å². The number of hydrogen-bond donors (Lipinski definition) is 0. The van der Waals surface area contributed by atoms with Crippen LogP contribution in [0.1, 0.15) is 18.1 Å². The number of methoxy groups -OCH3 is 1. The second-order valence-corrected chi connectivity index (χ2v) is 8.87. The average molecular weight is 604 g/mol. The molecule has 0 atom stereocenters. The molecule has 0 aliphatic rings. The van der Waals surface area contributed by atoms with E-state index in [1.165, 1.54) is 25.5 Å². The summed E-state index contributed by atoms with van der Waals surface area (Å²) < 4.78 is 57.3. The molecular weight excluding hydrogens is 583 g/mol. The van der Waals surface area contributed by atoms with E-state index in [1.807, 2.05) is 0 Å². The van der Waals surface area contributed by atoms with Crippen LogP contribution in [0.3, 0.4) is 0 Å². The molecule has 0 radical (unpaired) electrons. The Kier molecular flexibility index (Phi) is 8.34. The Morgan fingerprint density at radius 1 is 1.10 bits per heavy atom. The lowest BCUT2D eigenvalue weighted by molar-refractivity contribution is -0.145. The largest absolute Gasteiger partial charge is 0.493 e. The summed E-state index contributed by atoms with van der Waals surface area (Å²) >= 11 is 3.40. The molecule has 4 aromatic rings. The zero-order chi connectivity index (χ0) is 28.2. The van der Waals surface area contributed by atoms with Gasteiger partial charge in [-0.25, -0.2) is 9.78 Å². The monoisotopic (exact) mass is 603 g/mol. The topological polar surface area (TPSA) is 92.0 Å². The molecule has 1 aromatic heterocycles. The van der Waals surface area contributed by atoms with Gasteiger partial charge >= 0.3 is 12.1 Å². The molecule has 0 unspecified atom stereocenters. The summed E-state index contributed by atoms with van der Waals surface area (Å²) in [6, 6.07) is 14.1. The van der Waals surface area contributed by atoms with Crippen LogP contribution in [-0.4, -0.2) is 42.2 Å². The Morgan fingerprint density at radius 3 is 2.59 bits per heavy atom. The van der Waals surface area contributed by atoms with Crippen molar-refractivity contribution in [3.05, 3.63) is 86.6 Å². The van der Waals surface area contributed by atoms with Crippen molar-refractivity contribution >= 4 is 39.0 Å². The predicted molar refractivity (Wildman–Crippen MR) is 142 cm³/mol. The molecule has 0 amide bonds. The van der Waals surface area contributed by atoms with Crippen molar-refractivity contribution in [3.63, 3.8) is 0 Å². The number of ether oxygens (including phenoxy) is 3. The molecule has 0 spiro atoms. The molecule has 3 aromatic carbocycles. The fourth-order valence-corrected chi connectivity index (χ4v) is 4.06. The molecule has 0 saturated heterocycles. The van der Waals surface area contributed by atoms with E-state index in [1.54, 1.807) is 43.3 Å². The number of carbonyl (C=O) groups excluding carboxylic acids is 1. The van der Waals surface area contributed by atoms with Gasteiger partial charge in [-0.1, -0.05) is 24.3 Å². The highest BCUT2D eigenvalue weighted by Crippen LogP contribution is 2.34. The van der Waals surface area contributed by atoms with E-state index in [-0.39, 0.29) is 41.5 Å². The second kappa shape index (κ2) is 11.7. The minimum absolute atomic E-state index is 0.0594. The SMILES string of the molecule is CCOC(=O)COc1cc(Br)c(C=Nn2c(-c3cccc(C(F)(F)F)c3)nc3ccccc3c2=O)cc1OC. The van der Waals surface area contributed by atoms with Crippen molar-refractivity contribution < 1.29 is 32.2 Å². The molecular formula is C27H21BrF3N3O5. The molecule has 39 heavy (non-hydrogen) atoms. The van der Waals surface area contributed by atoms with Gasteiger partial charge in [0.25, 0.3) is 5.56 Å². The first kappa shape index (κ1) is 27.8. The van der Waals surface area contributed by atoms with E-state index in [0.717, 1.165) is 16.8 Å². The summed E-state index contributed by atoms with van der Waals surface area (Å²) in [7, 11) is 1.41. The highest BCUT2D eigenvalue weighted by Gasteiger charge is 2.31. The molecule has 0 aliphatic heterocycles. The van der Waals surface area contributed by atoms with Crippen molar-refractivity contribution in [1.29, 1.82) is 0 Å². The molecule has 0 N–H and O–H groups in total. The van der Waals surface area contributed by atoms with Crippen molar-refractivity contribution in [3.8, 4) is 22.9 Å². The summed E-state index contributed by atoms with van der Waals surface area (Å²) in [5, 5.41) is 4.53. The standard InChI is InChI=1S/C27H21BrF3N3O5/c1-3-38-24(35)15-39-23-13-20(28)17(12-22(23)37-2)14-32-34-25(16-7-6-8-18(11-16)27(29,30)31)33-21-10-5-4-9-19(21)26(34)36/h4-14H,3,15H2,1-2H3. The van der Waals surface area contributed by atoms with Gasteiger partial charge in [0.05, 0.1) is 36.4 Å². The van der Waals surface area contributed by atoms with E-state index in [4.69, 9.17) is 14.2 Å². The van der Waals surface area contributed by atoms with Crippen LogP contribution in [0.4, 0.5) is 13.2 Å². The third-order valence-electron chi connectivity index (χ3n) is 5.45. The zero-order valence-corrected chi connectivity index (χ0v) is 22.2. The van der Waals surface area contributed by atoms with Gasteiger partial charge in [0.2, 0.25) is 0 Å². The maximum Gasteiger partial charge on any atom is 0.416 e. The molecule has 0 bridgehead atoms. The number of benzene rings is 3. The van der Waals surface area contributed by atoms with Crippen LogP contribution in [-0.2, 0) is 15.7 Å². The summed E-state index contributed by atoms with van der Waals surface area (Å²) in [4.78, 5) is 29.5. The molecule has 202 valence electrons. The minimum atomic E-state index is -4.58. The van der Waals surface area contributed by atoms with Crippen LogP contribution in [0.15, 0.2) is 75.0 Å². The fraction of sp³-hybridized carbons (Fsp3) is 0.185. The van der Waals surface area contributed by atoms with Gasteiger partial charge in [0.15, 0.2) is 23.9 Å². The first-order valence-corrected chi connectivity index (χ1v) is 12.3. The van der Waals surface area contributed by atoms with Gasteiger partial charge in [-0.2, -0.15) is 22.9 Å². The van der Waals surface area contributed by atoms with Gasteiger partial charge in [-0.15, -0.1) is 0 Å². The molecule has 4 rings (SSSR count). The normalized spacial score (nSPS) is 11.6. The number of aromatic nitrogens is 2. The van der Waals surface area contributed by atoms with E-state index in [2.05, 4.69) is 26.0 Å². The van der Waals surface area contributed by atoms with Gasteiger partial charge in [0, 0.05) is 15.6 Å². The number of para-hydroxylation sites is 1. The minimum Gasteiger partial charge on any atom is -0.493 e. The van der Waals surface area contributed by atoms with Crippen LogP contribution < -0.4 is 15.0 Å². The Morgan fingerprint density at radius 2 is 1.87 bits per heavy atom. The van der Waals surface area contributed by atoms with Crippen molar-refractivity contribution in [1.82, 2.24) is 9.66 Å². The lowest BCUT2D eigenvalue weighted by Gasteiger charge is -2.13. The van der Waals surface area contributed by atoms with Crippen LogP contribution in [0.25, 0.3) is 22.3 Å². The Hall–Kier alpha value is -4.19. The van der Waals surface area contributed by atoms with E-state index in [0.29, 0.717) is 15.6 Å². The summed E-state index contributed by atoms with van der Waals surface area (Å²) in [6.07, 6.45) is -3.25. The van der Waals surface area contributed by atoms with Gasteiger partial charge in [0.1, 0.15) is 0 Å². The Labute approximate surface area is 228 Å². The number of hydrogen-bond acceptors (Lipinski definition) is 7. The number of rotatable bonds is 8. The zero-order valence-electron chi connectivity index (χ0n) is 20.7. The Bertz CT molecular complexity index is 1620. The van der Waals surface area contributed by atoms with Gasteiger partial charge < -0.3 is 14.2 Å². The van der Waals surface area contributed by atoms with Crippen LogP contribution >= 0.6 is 15.9 Å². The number of nitrogens with zero attached hydrogens (tertiary/aromatic N) is 3. The van der Waals surface area contributed by atoms with E-state index >= 15 is 0 Å². The van der Waals surface area contributed by atoms with Crippen molar-refractivity contribution in [2.75, 3.05) is 20.3 Å². The molecule has 8 nitrogen and oxygen atoms in total. The van der Waals surface area contributed by atoms with Crippen molar-refractivity contribution in [2.24, 2.45) is 5.10 Å². The molecule has 0 aliphatic carbocycles. The van der Waals surface area contributed by atoms with Crippen LogP contribution in [0, 0.1) is 0 Å². The van der Waals surface area contributed by atoms with Crippen LogP contribution in [0.2, 0.25) is 0 Å². The lowest BCUT2D eigenvalue weighted by atomic mass is 10.1. The Balaban J connectivity index is 1.80. The maximum atomic E-state index is 13.4. The second-order valence-electron chi connectivity index (χ2n) is 8.01. The highest BCUT2D eigenvalue weighted by molar-refractivity contribution is 9.10. The number of fused-ring (bicyclic) bond motifs is 1. The maximum absolute atomic E-state index is 13.4. The third kappa shape index (κ3) is 6.28. The molecule has 1 heterocycles. The summed E-state index contributed by atoms with van der Waals surface area (Å²) in [6.45, 7) is 1.56. The predicted octanol–water partition coefficient (Wildman–Crippen LogP) is 5.68. The first-order valence-electron chi connectivity index (χ1n) is 11.5. The summed E-state index contributed by atoms with van der Waals surface area (Å²) in [5.74, 6) is -0.0973. The summed E-state index contributed by atoms with van der Waals surface area (Å²) in [5.41, 5.74) is -0.632. The number of carbonyl (C=O) groups is 1. The number of esters is 1. The number of alkyl halides is 3. The first-order chi connectivity index (χ1) is 18.6. The van der Waals surface area contributed by atoms with Gasteiger partial charge in [-0.3, -0.25) is 4.79 Å². The smallest absolute Gasteiger partial charge is 0.416 e. The fourth-order valence-electron chi connectivity index (χ4n) is 3.63. The number of halogens is 4. The molecule has 12 heteroatoms. The lowest BCUT2D eigenvalue weighted by Crippen LogP contribution is -2.20. The quantitative estimate of drug-likeness (QED) is 0.190. The van der Waals surface area contributed by atoms with Crippen molar-refractivity contribution in [2.45, 2.75) is 13.1 Å². The average Bonchev–Trinajstić information content (AvgIpc) is 2.91. The van der Waals surface area contributed by atoms with E-state index < -0.39 is 23.3 Å². The van der Waals surface area contributed by atoms with Crippen LogP contribution in [0.5, 0.6) is 11.5 Å². The van der Waals surface area contributed by atoms with Gasteiger partial charge in [-0.05, 0) is 59.3 Å². The third-order valence-corrected chi connectivity index (χ3v) is 6.13. The molecule has 0 saturated carbocycles. The molecule has 0 fully saturated rings. The highest BCUT2D eigenvalue weighted by atomic mass is 79.9.